The number of hydrogen-bond donors (Lipinski definition) is 10. The van der Waals surface area contributed by atoms with Crippen molar-refractivity contribution in [2.24, 2.45) is 22.2 Å². The van der Waals surface area contributed by atoms with E-state index in [0.29, 0.717) is 0 Å². The molecule has 0 aliphatic heterocycles. The molecule has 38 heavy (non-hydrogen) atoms. The van der Waals surface area contributed by atoms with Crippen LogP contribution in [0.5, 0.6) is 0 Å². The van der Waals surface area contributed by atoms with Crippen LogP contribution in [0.3, 0.4) is 0 Å². The molecule has 0 fully saturated rings. The fraction of sp³-hybridized carbons (Fsp3) is 0.600. The standard InChI is InChI=1S/C20H33N7O11/c21-9(3-5-13(28)29)16(34)25-10(2-1-7-24-20(22)23)17(35)26-11(4-6-14(30)31)18(36)27-12(19(37)38)8-15(32)33/h9-12H,1-8,21H2,(H,25,34)(H,26,35)(H,27,36)(H,28,29)(H,30,31)(H,32,33)(H,37,38)(H4,22,23,24). The third-order valence-corrected chi connectivity index (χ3v) is 4.86. The Balaban J connectivity index is 5.71. The Morgan fingerprint density at radius 3 is 1.61 bits per heavy atom. The largest absolute Gasteiger partial charge is 0.481 e. The van der Waals surface area contributed by atoms with E-state index in [0.717, 1.165) is 0 Å². The number of hydrogen-bond acceptors (Lipinski definition) is 9. The van der Waals surface area contributed by atoms with Crippen molar-refractivity contribution < 1.29 is 54.0 Å². The van der Waals surface area contributed by atoms with E-state index in [1.165, 1.54) is 0 Å². The van der Waals surface area contributed by atoms with Crippen molar-refractivity contribution in [1.29, 1.82) is 0 Å². The predicted octanol–water partition coefficient (Wildman–Crippen LogP) is -3.89. The molecule has 0 aliphatic carbocycles. The molecule has 4 unspecified atom stereocenters. The highest BCUT2D eigenvalue weighted by atomic mass is 16.4. The molecule has 0 aromatic rings. The topological polar surface area (TPSA) is 327 Å². The van der Waals surface area contributed by atoms with Gasteiger partial charge in [0.2, 0.25) is 17.7 Å². The van der Waals surface area contributed by atoms with Crippen molar-refractivity contribution in [3.05, 3.63) is 0 Å². The molecule has 0 aromatic carbocycles. The van der Waals surface area contributed by atoms with E-state index < -0.39 is 91.4 Å². The van der Waals surface area contributed by atoms with Gasteiger partial charge in [0, 0.05) is 19.4 Å². The predicted molar refractivity (Wildman–Crippen MR) is 127 cm³/mol. The highest BCUT2D eigenvalue weighted by molar-refractivity contribution is 5.94. The van der Waals surface area contributed by atoms with Crippen molar-refractivity contribution in [2.45, 2.75) is 69.1 Å². The SMILES string of the molecule is NC(N)=NCCCC(NC(=O)C(N)CCC(=O)O)C(=O)NC(CCC(=O)O)C(=O)NC(CC(=O)O)C(=O)O. The van der Waals surface area contributed by atoms with Crippen LogP contribution in [0.25, 0.3) is 0 Å². The lowest BCUT2D eigenvalue weighted by Gasteiger charge is -2.25. The van der Waals surface area contributed by atoms with E-state index in [1.54, 1.807) is 0 Å². The number of nitrogens with two attached hydrogens (primary N) is 3. The summed E-state index contributed by atoms with van der Waals surface area (Å²) >= 11 is 0. The number of nitrogens with zero attached hydrogens (tertiary/aromatic N) is 1. The minimum Gasteiger partial charge on any atom is -0.481 e. The summed E-state index contributed by atoms with van der Waals surface area (Å²) in [4.78, 5) is 85.7. The number of aliphatic imine (C=N–C) groups is 1. The first kappa shape index (κ1) is 33.5. The van der Waals surface area contributed by atoms with E-state index in [4.69, 9.17) is 37.6 Å². The Kier molecular flexibility index (Phi) is 15.0. The van der Waals surface area contributed by atoms with Crippen LogP contribution in [0.2, 0.25) is 0 Å². The van der Waals surface area contributed by atoms with Gasteiger partial charge < -0.3 is 53.6 Å². The van der Waals surface area contributed by atoms with E-state index in [9.17, 15) is 33.6 Å². The molecule has 0 aliphatic rings. The number of rotatable bonds is 19. The zero-order chi connectivity index (χ0) is 29.4. The van der Waals surface area contributed by atoms with Gasteiger partial charge in [0.15, 0.2) is 5.96 Å². The lowest BCUT2D eigenvalue weighted by Crippen LogP contribution is -2.57. The van der Waals surface area contributed by atoms with Crippen LogP contribution in [-0.2, 0) is 33.6 Å². The number of guanidine groups is 1. The Hall–Kier alpha value is -4.48. The van der Waals surface area contributed by atoms with Crippen molar-refractivity contribution >= 4 is 47.6 Å². The number of carboxylic acids is 4. The first-order valence-electron chi connectivity index (χ1n) is 11.2. The summed E-state index contributed by atoms with van der Waals surface area (Å²) < 4.78 is 0. The average Bonchev–Trinajstić information content (AvgIpc) is 2.80. The molecule has 0 rings (SSSR count). The molecule has 18 heteroatoms. The summed E-state index contributed by atoms with van der Waals surface area (Å²) in [5.74, 6) is -9.02. The van der Waals surface area contributed by atoms with Crippen LogP contribution in [0.15, 0.2) is 4.99 Å². The maximum atomic E-state index is 13.0. The third kappa shape index (κ3) is 14.8. The van der Waals surface area contributed by atoms with Gasteiger partial charge in [-0.3, -0.25) is 33.8 Å². The molecular weight excluding hydrogens is 514 g/mol. The van der Waals surface area contributed by atoms with Gasteiger partial charge in [-0.2, -0.15) is 0 Å². The lowest BCUT2D eigenvalue weighted by molar-refractivity contribution is -0.147. The molecule has 0 radical (unpaired) electrons. The molecule has 13 N–H and O–H groups in total. The Morgan fingerprint density at radius 2 is 1.13 bits per heavy atom. The monoisotopic (exact) mass is 547 g/mol. The van der Waals surface area contributed by atoms with Gasteiger partial charge in [-0.15, -0.1) is 0 Å². The van der Waals surface area contributed by atoms with Crippen molar-refractivity contribution in [3.8, 4) is 0 Å². The summed E-state index contributed by atoms with van der Waals surface area (Å²) in [7, 11) is 0. The van der Waals surface area contributed by atoms with Gasteiger partial charge in [-0.05, 0) is 25.7 Å². The van der Waals surface area contributed by atoms with E-state index in [2.05, 4.69) is 15.6 Å². The van der Waals surface area contributed by atoms with Crippen LogP contribution in [-0.4, -0.2) is 98.7 Å². The molecule has 3 amide bonds. The normalized spacial score (nSPS) is 13.6. The van der Waals surface area contributed by atoms with Gasteiger partial charge in [0.05, 0.1) is 12.5 Å². The molecule has 0 saturated carbocycles. The van der Waals surface area contributed by atoms with Gasteiger partial charge in [0.25, 0.3) is 0 Å². The number of carbonyl (C=O) groups excluding carboxylic acids is 3. The fourth-order valence-electron chi connectivity index (χ4n) is 2.92. The highest BCUT2D eigenvalue weighted by Crippen LogP contribution is 2.06. The van der Waals surface area contributed by atoms with Gasteiger partial charge in [0.1, 0.15) is 18.1 Å². The molecule has 18 nitrogen and oxygen atoms in total. The number of carbonyl (C=O) groups is 7. The molecule has 0 spiro atoms. The molecule has 0 saturated heterocycles. The summed E-state index contributed by atoms with van der Waals surface area (Å²) in [6, 6.07) is -6.14. The summed E-state index contributed by atoms with van der Waals surface area (Å²) in [5.41, 5.74) is 16.1. The Morgan fingerprint density at radius 1 is 0.658 bits per heavy atom. The Bertz CT molecular complexity index is 921. The van der Waals surface area contributed by atoms with Crippen LogP contribution in [0.4, 0.5) is 0 Å². The number of amides is 3. The minimum absolute atomic E-state index is 0.0471. The average molecular weight is 548 g/mol. The molecule has 214 valence electrons. The van der Waals surface area contributed by atoms with Crippen molar-refractivity contribution in [1.82, 2.24) is 16.0 Å². The zero-order valence-electron chi connectivity index (χ0n) is 20.3. The van der Waals surface area contributed by atoms with Crippen LogP contribution >= 0.6 is 0 Å². The first-order valence-corrected chi connectivity index (χ1v) is 11.2. The number of carboxylic acid groups (broad SMARTS) is 4. The second-order valence-electron chi connectivity index (χ2n) is 8.04. The zero-order valence-corrected chi connectivity index (χ0v) is 20.3. The van der Waals surface area contributed by atoms with Gasteiger partial charge in [-0.25, -0.2) is 4.79 Å². The van der Waals surface area contributed by atoms with Gasteiger partial charge in [-0.1, -0.05) is 0 Å². The lowest BCUT2D eigenvalue weighted by atomic mass is 10.1. The maximum absolute atomic E-state index is 13.0. The molecule has 0 heterocycles. The Labute approximate surface area is 216 Å². The van der Waals surface area contributed by atoms with Crippen molar-refractivity contribution in [2.75, 3.05) is 6.54 Å². The summed E-state index contributed by atoms with van der Waals surface area (Å²) in [6.07, 6.45) is -2.73. The van der Waals surface area contributed by atoms with E-state index in [1.807, 2.05) is 5.32 Å². The quantitative estimate of drug-likeness (QED) is 0.0420. The minimum atomic E-state index is -1.87. The van der Waals surface area contributed by atoms with E-state index in [-0.39, 0.29) is 31.8 Å². The second-order valence-corrected chi connectivity index (χ2v) is 8.04. The van der Waals surface area contributed by atoms with Crippen LogP contribution < -0.4 is 33.2 Å². The first-order chi connectivity index (χ1) is 17.6. The summed E-state index contributed by atoms with van der Waals surface area (Å²) in [5, 5.41) is 42.2. The smallest absolute Gasteiger partial charge is 0.326 e. The molecular formula is C20H33N7O11. The van der Waals surface area contributed by atoms with Crippen molar-refractivity contribution in [3.63, 3.8) is 0 Å². The van der Waals surface area contributed by atoms with Crippen LogP contribution in [0, 0.1) is 0 Å². The molecule has 0 bridgehead atoms. The number of nitrogens with one attached hydrogen (secondary N) is 3. The third-order valence-electron chi connectivity index (χ3n) is 4.86. The fourth-order valence-corrected chi connectivity index (χ4v) is 2.92. The highest BCUT2D eigenvalue weighted by Gasteiger charge is 2.31. The van der Waals surface area contributed by atoms with Crippen LogP contribution in [0.1, 0.15) is 44.9 Å². The van der Waals surface area contributed by atoms with E-state index >= 15 is 0 Å². The molecule has 4 atom stereocenters. The second kappa shape index (κ2) is 17.1. The maximum Gasteiger partial charge on any atom is 0.326 e. The molecule has 0 aromatic heterocycles. The van der Waals surface area contributed by atoms with Gasteiger partial charge >= 0.3 is 23.9 Å². The summed E-state index contributed by atoms with van der Waals surface area (Å²) in [6.45, 7) is 0.0471. The number of aliphatic carboxylic acids is 4.